The molecule has 1 fully saturated rings. The Labute approximate surface area is 111 Å². The highest BCUT2D eigenvalue weighted by Crippen LogP contribution is 2.40. The zero-order valence-electron chi connectivity index (χ0n) is 10.2. The lowest BCUT2D eigenvalue weighted by Gasteiger charge is -2.02. The van der Waals surface area contributed by atoms with E-state index in [2.05, 4.69) is 46.0 Å². The highest BCUT2D eigenvalue weighted by molar-refractivity contribution is 7.09. The lowest BCUT2D eigenvalue weighted by atomic mass is 10.1. The second-order valence-corrected chi connectivity index (χ2v) is 5.62. The summed E-state index contributed by atoms with van der Waals surface area (Å²) in [5.41, 5.74) is 8.11. The van der Waals surface area contributed by atoms with Crippen LogP contribution >= 0.6 is 11.3 Å². The van der Waals surface area contributed by atoms with E-state index >= 15 is 0 Å². The molecule has 1 aliphatic rings. The fraction of sp³-hybridized carbons (Fsp3) is 0.357. The zero-order chi connectivity index (χ0) is 12.4. The Bertz CT molecular complexity index is 509. The lowest BCUT2D eigenvalue weighted by molar-refractivity contribution is 0.661. The summed E-state index contributed by atoms with van der Waals surface area (Å²) in [5, 5.41) is 6.67. The van der Waals surface area contributed by atoms with Crippen LogP contribution in [0.5, 0.6) is 0 Å². The van der Waals surface area contributed by atoms with E-state index in [0.717, 1.165) is 17.2 Å². The maximum Gasteiger partial charge on any atom is 0.106 e. The molecular weight excluding hydrogens is 242 g/mol. The number of aromatic nitrogens is 1. The van der Waals surface area contributed by atoms with Crippen LogP contribution in [-0.4, -0.2) is 11.0 Å². The largest absolute Gasteiger partial charge is 0.325 e. The molecule has 3 N–H and O–H groups in total. The van der Waals surface area contributed by atoms with Crippen molar-refractivity contribution in [1.29, 1.82) is 0 Å². The van der Waals surface area contributed by atoms with E-state index in [-0.39, 0.29) is 0 Å². The first kappa shape index (κ1) is 11.8. The Balaban J connectivity index is 1.51. The molecule has 2 aromatic rings. The minimum atomic E-state index is 0.542. The topological polar surface area (TPSA) is 50.9 Å². The normalized spacial score (nSPS) is 22.1. The van der Waals surface area contributed by atoms with Crippen LogP contribution in [0, 0.1) is 0 Å². The molecule has 0 spiro atoms. The van der Waals surface area contributed by atoms with E-state index in [0.29, 0.717) is 18.5 Å². The maximum absolute atomic E-state index is 5.56. The summed E-state index contributed by atoms with van der Waals surface area (Å²) in [6.07, 6.45) is 1.23. The first-order valence-electron chi connectivity index (χ1n) is 6.28. The van der Waals surface area contributed by atoms with Gasteiger partial charge < -0.3 is 11.1 Å². The van der Waals surface area contributed by atoms with Gasteiger partial charge in [0.25, 0.3) is 0 Å². The Morgan fingerprint density at radius 1 is 1.33 bits per heavy atom. The molecule has 1 aromatic carbocycles. The quantitative estimate of drug-likeness (QED) is 0.866. The van der Waals surface area contributed by atoms with Crippen molar-refractivity contribution in [3.63, 3.8) is 0 Å². The SMILES string of the molecule is NCc1nc(CNC2CC2c2ccccc2)cs1. The third-order valence-corrected chi connectivity index (χ3v) is 4.26. The zero-order valence-corrected chi connectivity index (χ0v) is 11.0. The van der Waals surface area contributed by atoms with Crippen LogP contribution in [0.4, 0.5) is 0 Å². The van der Waals surface area contributed by atoms with Gasteiger partial charge in [0.2, 0.25) is 0 Å². The first-order chi connectivity index (χ1) is 8.86. The van der Waals surface area contributed by atoms with Crippen LogP contribution in [0.15, 0.2) is 35.7 Å². The van der Waals surface area contributed by atoms with Crippen LogP contribution in [0.1, 0.15) is 28.6 Å². The molecule has 94 valence electrons. The predicted molar refractivity (Wildman–Crippen MR) is 74.4 cm³/mol. The van der Waals surface area contributed by atoms with Crippen molar-refractivity contribution < 1.29 is 0 Å². The molecule has 18 heavy (non-hydrogen) atoms. The van der Waals surface area contributed by atoms with Crippen molar-refractivity contribution in [2.75, 3.05) is 0 Å². The number of hydrogen-bond donors (Lipinski definition) is 2. The van der Waals surface area contributed by atoms with E-state index in [9.17, 15) is 0 Å². The first-order valence-corrected chi connectivity index (χ1v) is 7.16. The number of thiazole rings is 1. The van der Waals surface area contributed by atoms with Gasteiger partial charge in [0.05, 0.1) is 5.69 Å². The molecule has 2 atom stereocenters. The number of nitrogens with one attached hydrogen (secondary N) is 1. The Morgan fingerprint density at radius 3 is 2.89 bits per heavy atom. The molecule has 0 saturated heterocycles. The van der Waals surface area contributed by atoms with E-state index in [1.54, 1.807) is 11.3 Å². The molecule has 0 aliphatic heterocycles. The average molecular weight is 259 g/mol. The van der Waals surface area contributed by atoms with Gasteiger partial charge in [0, 0.05) is 30.4 Å². The van der Waals surface area contributed by atoms with Crippen molar-refractivity contribution in [3.8, 4) is 0 Å². The van der Waals surface area contributed by atoms with Crippen molar-refractivity contribution in [2.24, 2.45) is 5.73 Å². The summed E-state index contributed by atoms with van der Waals surface area (Å²) in [4.78, 5) is 4.46. The number of hydrogen-bond acceptors (Lipinski definition) is 4. The Kier molecular flexibility index (Phi) is 3.41. The fourth-order valence-corrected chi connectivity index (χ4v) is 2.92. The van der Waals surface area contributed by atoms with Gasteiger partial charge in [-0.15, -0.1) is 11.3 Å². The maximum atomic E-state index is 5.56. The number of nitrogens with two attached hydrogens (primary N) is 1. The van der Waals surface area contributed by atoms with Crippen LogP contribution in [0.2, 0.25) is 0 Å². The van der Waals surface area contributed by atoms with Crippen LogP contribution < -0.4 is 11.1 Å². The van der Waals surface area contributed by atoms with Crippen molar-refractivity contribution >= 4 is 11.3 Å². The van der Waals surface area contributed by atoms with Gasteiger partial charge in [-0.2, -0.15) is 0 Å². The molecule has 0 amide bonds. The summed E-state index contributed by atoms with van der Waals surface area (Å²) in [5.74, 6) is 0.679. The Morgan fingerprint density at radius 2 is 2.17 bits per heavy atom. The molecule has 1 aliphatic carbocycles. The summed E-state index contributed by atoms with van der Waals surface area (Å²) in [7, 11) is 0. The van der Waals surface area contributed by atoms with E-state index in [4.69, 9.17) is 5.73 Å². The molecule has 3 rings (SSSR count). The van der Waals surface area contributed by atoms with E-state index in [1.165, 1.54) is 12.0 Å². The molecule has 1 heterocycles. The van der Waals surface area contributed by atoms with Gasteiger partial charge in [0.1, 0.15) is 5.01 Å². The average Bonchev–Trinajstić information content (AvgIpc) is 3.06. The van der Waals surface area contributed by atoms with E-state index < -0.39 is 0 Å². The van der Waals surface area contributed by atoms with Gasteiger partial charge in [-0.25, -0.2) is 4.98 Å². The highest BCUT2D eigenvalue weighted by Gasteiger charge is 2.37. The number of nitrogens with zero attached hydrogens (tertiary/aromatic N) is 1. The fourth-order valence-electron chi connectivity index (χ4n) is 2.25. The van der Waals surface area contributed by atoms with Crippen molar-refractivity contribution in [1.82, 2.24) is 10.3 Å². The third-order valence-electron chi connectivity index (χ3n) is 3.34. The summed E-state index contributed by atoms with van der Waals surface area (Å²) >= 11 is 1.64. The smallest absolute Gasteiger partial charge is 0.106 e. The molecular formula is C14H17N3S. The van der Waals surface area contributed by atoms with Crippen molar-refractivity contribution in [3.05, 3.63) is 52.0 Å². The summed E-state index contributed by atoms with van der Waals surface area (Å²) in [6, 6.07) is 11.3. The second-order valence-electron chi connectivity index (χ2n) is 4.68. The Hall–Kier alpha value is -1.23. The highest BCUT2D eigenvalue weighted by atomic mass is 32.1. The van der Waals surface area contributed by atoms with Crippen LogP contribution in [-0.2, 0) is 13.1 Å². The summed E-state index contributed by atoms with van der Waals surface area (Å²) in [6.45, 7) is 1.39. The minimum absolute atomic E-state index is 0.542. The predicted octanol–water partition coefficient (Wildman–Crippen LogP) is 2.25. The molecule has 1 saturated carbocycles. The molecule has 2 unspecified atom stereocenters. The van der Waals surface area contributed by atoms with Gasteiger partial charge >= 0.3 is 0 Å². The minimum Gasteiger partial charge on any atom is -0.325 e. The standard InChI is InChI=1S/C14H17N3S/c15-7-14-17-11(9-18-14)8-16-13-6-12(13)10-4-2-1-3-5-10/h1-5,9,12-13,16H,6-8,15H2. The molecule has 0 bridgehead atoms. The van der Waals surface area contributed by atoms with Gasteiger partial charge in [-0.3, -0.25) is 0 Å². The lowest BCUT2D eigenvalue weighted by Crippen LogP contribution is -2.17. The number of benzene rings is 1. The summed E-state index contributed by atoms with van der Waals surface area (Å²) < 4.78 is 0. The van der Waals surface area contributed by atoms with Crippen LogP contribution in [0.3, 0.4) is 0 Å². The van der Waals surface area contributed by atoms with E-state index in [1.807, 2.05) is 0 Å². The molecule has 0 radical (unpaired) electrons. The monoisotopic (exact) mass is 259 g/mol. The molecule has 1 aromatic heterocycles. The third kappa shape index (κ3) is 2.61. The molecule has 4 heteroatoms. The number of rotatable bonds is 5. The van der Waals surface area contributed by atoms with Gasteiger partial charge in [-0.05, 0) is 12.0 Å². The van der Waals surface area contributed by atoms with Gasteiger partial charge in [0.15, 0.2) is 0 Å². The van der Waals surface area contributed by atoms with Gasteiger partial charge in [-0.1, -0.05) is 30.3 Å². The van der Waals surface area contributed by atoms with Crippen LogP contribution in [0.25, 0.3) is 0 Å². The van der Waals surface area contributed by atoms with Crippen molar-refractivity contribution in [2.45, 2.75) is 31.5 Å². The molecule has 3 nitrogen and oxygen atoms in total. The second kappa shape index (κ2) is 5.18.